The van der Waals surface area contributed by atoms with Gasteiger partial charge in [0.05, 0.1) is 0 Å². The zero-order valence-corrected chi connectivity index (χ0v) is 20.5. The molecule has 0 fully saturated rings. The zero-order valence-electron chi connectivity index (χ0n) is 20.5. The van der Waals surface area contributed by atoms with Crippen LogP contribution in [0.4, 0.5) is 0 Å². The molecule has 34 heavy (non-hydrogen) atoms. The van der Waals surface area contributed by atoms with E-state index in [-0.39, 0.29) is 0 Å². The Morgan fingerprint density at radius 2 is 1.35 bits per heavy atom. The second-order valence-electron chi connectivity index (χ2n) is 8.35. The van der Waals surface area contributed by atoms with Crippen LogP contribution in [0, 0.1) is 12.3 Å². The Balaban J connectivity index is 2.17. The molecule has 2 N–H and O–H groups in total. The van der Waals surface area contributed by atoms with E-state index < -0.39 is 0 Å². The largest absolute Gasteiger partial charge is 0.362 e. The number of hydrogen-bond acceptors (Lipinski definition) is 2. The number of nitrogens with one attached hydrogen (secondary N) is 2. The van der Waals surface area contributed by atoms with Crippen LogP contribution in [0.1, 0.15) is 48.6 Å². The maximum Gasteiger partial charge on any atom is 0.0253 e. The molecule has 0 unspecified atom stereocenters. The minimum atomic E-state index is 0.898. The lowest BCUT2D eigenvalue weighted by atomic mass is 9.91. The van der Waals surface area contributed by atoms with Gasteiger partial charge in [0.15, 0.2) is 0 Å². The van der Waals surface area contributed by atoms with Crippen LogP contribution in [0.15, 0.2) is 115 Å². The van der Waals surface area contributed by atoms with Gasteiger partial charge in [-0.15, -0.1) is 5.73 Å². The molecule has 0 saturated carbocycles. The van der Waals surface area contributed by atoms with Crippen molar-refractivity contribution in [2.45, 2.75) is 27.7 Å². The van der Waals surface area contributed by atoms with E-state index in [1.165, 1.54) is 6.21 Å². The van der Waals surface area contributed by atoms with Gasteiger partial charge in [-0.05, 0) is 72.7 Å². The van der Waals surface area contributed by atoms with Crippen molar-refractivity contribution in [3.05, 3.63) is 143 Å². The smallest absolute Gasteiger partial charge is 0.0253 e. The molecule has 0 aliphatic heterocycles. The summed E-state index contributed by atoms with van der Waals surface area (Å²) in [5.41, 5.74) is 14.2. The molecule has 3 aromatic carbocycles. The third-order valence-corrected chi connectivity index (χ3v) is 5.98. The molecule has 3 aromatic rings. The van der Waals surface area contributed by atoms with Crippen molar-refractivity contribution in [2.24, 2.45) is 0 Å². The maximum absolute atomic E-state index is 7.77. The number of allylic oxidation sites excluding steroid dienone is 6. The van der Waals surface area contributed by atoms with Gasteiger partial charge in [0.1, 0.15) is 0 Å². The summed E-state index contributed by atoms with van der Waals surface area (Å²) in [4.78, 5) is 0. The molecule has 2 nitrogen and oxygen atoms in total. The predicted octanol–water partition coefficient (Wildman–Crippen LogP) is 8.19. The minimum absolute atomic E-state index is 0.898. The van der Waals surface area contributed by atoms with E-state index in [9.17, 15) is 0 Å². The first-order chi connectivity index (χ1) is 16.4. The molecule has 0 aliphatic carbocycles. The molecule has 0 aliphatic rings. The van der Waals surface area contributed by atoms with Crippen molar-refractivity contribution in [1.29, 1.82) is 5.41 Å². The van der Waals surface area contributed by atoms with E-state index in [4.69, 9.17) is 5.41 Å². The van der Waals surface area contributed by atoms with Gasteiger partial charge in [0.2, 0.25) is 0 Å². The van der Waals surface area contributed by atoms with Crippen LogP contribution >= 0.6 is 0 Å². The molecule has 0 heterocycles. The van der Waals surface area contributed by atoms with Crippen LogP contribution in [0.5, 0.6) is 0 Å². The highest BCUT2D eigenvalue weighted by atomic mass is 14.9. The van der Waals surface area contributed by atoms with Crippen LogP contribution in [0.25, 0.3) is 16.7 Å². The average molecular weight is 445 g/mol. The van der Waals surface area contributed by atoms with Crippen LogP contribution in [0.3, 0.4) is 0 Å². The van der Waals surface area contributed by atoms with Gasteiger partial charge in [-0.2, -0.15) is 0 Å². The summed E-state index contributed by atoms with van der Waals surface area (Å²) in [6.07, 6.45) is 1.40. The topological polar surface area (TPSA) is 35.9 Å². The summed E-state index contributed by atoms with van der Waals surface area (Å²) in [6.45, 7) is 16.5. The van der Waals surface area contributed by atoms with E-state index in [0.717, 1.165) is 61.5 Å². The van der Waals surface area contributed by atoms with Gasteiger partial charge in [-0.1, -0.05) is 86.0 Å². The van der Waals surface area contributed by atoms with E-state index in [1.54, 1.807) is 0 Å². The summed E-state index contributed by atoms with van der Waals surface area (Å²) >= 11 is 0. The fourth-order valence-corrected chi connectivity index (χ4v) is 4.17. The molecule has 0 saturated heterocycles. The van der Waals surface area contributed by atoms with Gasteiger partial charge >= 0.3 is 0 Å². The standard InChI is InChI=1S/C32H32N2/c1-7-22(2)31(29-19-18-23(3)30(20-29)21-33)25(5)34-26(6)32(28-16-12-9-13-17-28)24(4)27-14-10-8-11-15-27/h8-21,33-34H,1,4H2,2-3,5-6H3/b31-25+,32-26-,33-21?. The zero-order chi connectivity index (χ0) is 24.7. The Morgan fingerprint density at radius 1 is 0.794 bits per heavy atom. The first-order valence-electron chi connectivity index (χ1n) is 11.3. The molecule has 0 bridgehead atoms. The lowest BCUT2D eigenvalue weighted by Gasteiger charge is -2.20. The Labute approximate surface area is 203 Å². The molecular formula is C32H32N2. The van der Waals surface area contributed by atoms with Crippen molar-refractivity contribution < 1.29 is 0 Å². The molecule has 0 amide bonds. The Morgan fingerprint density at radius 3 is 1.91 bits per heavy atom. The van der Waals surface area contributed by atoms with Crippen molar-refractivity contribution in [3.8, 4) is 0 Å². The third-order valence-electron chi connectivity index (χ3n) is 5.98. The molecule has 2 heteroatoms. The van der Waals surface area contributed by atoms with Gasteiger partial charge in [-0.3, -0.25) is 0 Å². The van der Waals surface area contributed by atoms with Crippen molar-refractivity contribution in [3.63, 3.8) is 0 Å². The maximum atomic E-state index is 7.77. The molecule has 3 rings (SSSR count). The van der Waals surface area contributed by atoms with Crippen LogP contribution in [-0.4, -0.2) is 6.21 Å². The molecular weight excluding hydrogens is 412 g/mol. The van der Waals surface area contributed by atoms with Gasteiger partial charge in [0, 0.05) is 28.8 Å². The summed E-state index contributed by atoms with van der Waals surface area (Å²) in [5, 5.41) is 11.4. The molecule has 0 aromatic heterocycles. The van der Waals surface area contributed by atoms with E-state index in [2.05, 4.69) is 74.5 Å². The summed E-state index contributed by atoms with van der Waals surface area (Å²) in [6, 6.07) is 26.8. The van der Waals surface area contributed by atoms with Crippen molar-refractivity contribution >= 4 is 22.9 Å². The van der Waals surface area contributed by atoms with Crippen molar-refractivity contribution in [1.82, 2.24) is 5.32 Å². The molecule has 0 spiro atoms. The average Bonchev–Trinajstić information content (AvgIpc) is 2.86. The molecule has 170 valence electrons. The summed E-state index contributed by atoms with van der Waals surface area (Å²) < 4.78 is 0. The normalized spacial score (nSPS) is 12.1. The number of hydrogen-bond donors (Lipinski definition) is 2. The SMILES string of the molecule is C=C=C(C)/C(=C(/C)N/C(C)=C(/C(=C)c1ccccc1)c1ccccc1)c1ccc(C)c(C=N)c1. The van der Waals surface area contributed by atoms with Crippen molar-refractivity contribution in [2.75, 3.05) is 0 Å². The highest BCUT2D eigenvalue weighted by Crippen LogP contribution is 2.33. The van der Waals surface area contributed by atoms with Gasteiger partial charge < -0.3 is 10.7 Å². The highest BCUT2D eigenvalue weighted by molar-refractivity contribution is 6.05. The second kappa shape index (κ2) is 11.1. The second-order valence-corrected chi connectivity index (χ2v) is 8.35. The Bertz CT molecular complexity index is 1320. The lowest BCUT2D eigenvalue weighted by Crippen LogP contribution is -2.13. The number of rotatable bonds is 8. The first-order valence-corrected chi connectivity index (χ1v) is 11.3. The number of benzene rings is 3. The fraction of sp³-hybridized carbons (Fsp3) is 0.125. The number of aryl methyl sites for hydroxylation is 1. The van der Waals surface area contributed by atoms with Gasteiger partial charge in [-0.25, -0.2) is 0 Å². The monoisotopic (exact) mass is 444 g/mol. The quantitative estimate of drug-likeness (QED) is 0.205. The fourth-order valence-electron chi connectivity index (χ4n) is 4.17. The third kappa shape index (κ3) is 5.43. The lowest BCUT2D eigenvalue weighted by molar-refractivity contribution is 0.975. The van der Waals surface area contributed by atoms with Gasteiger partial charge in [0.25, 0.3) is 0 Å². The summed E-state index contributed by atoms with van der Waals surface area (Å²) in [7, 11) is 0. The van der Waals surface area contributed by atoms with E-state index in [1.807, 2.05) is 56.3 Å². The Kier molecular flexibility index (Phi) is 8.03. The van der Waals surface area contributed by atoms with Crippen LogP contribution in [0.2, 0.25) is 0 Å². The van der Waals surface area contributed by atoms with Crippen LogP contribution < -0.4 is 5.32 Å². The summed E-state index contributed by atoms with van der Waals surface area (Å²) in [5.74, 6) is 0. The van der Waals surface area contributed by atoms with E-state index in [0.29, 0.717) is 0 Å². The highest BCUT2D eigenvalue weighted by Gasteiger charge is 2.15. The van der Waals surface area contributed by atoms with E-state index >= 15 is 0 Å². The Hall–Kier alpha value is -4.13. The first kappa shape index (κ1) is 24.5. The van der Waals surface area contributed by atoms with Crippen LogP contribution in [-0.2, 0) is 0 Å². The predicted molar refractivity (Wildman–Crippen MR) is 148 cm³/mol. The molecule has 0 atom stereocenters. The molecule has 0 radical (unpaired) electrons. The minimum Gasteiger partial charge on any atom is -0.362 e.